The molecular formula is C17H14NO2. The number of nitrogens with one attached hydrogen (secondary N) is 1. The Balaban J connectivity index is 2.26. The Morgan fingerprint density at radius 1 is 1.00 bits per heavy atom. The molecule has 0 spiro atoms. The molecule has 0 fully saturated rings. The molecule has 0 atom stereocenters. The Morgan fingerprint density at radius 3 is 2.40 bits per heavy atom. The zero-order chi connectivity index (χ0) is 14.1. The van der Waals surface area contributed by atoms with Crippen molar-refractivity contribution in [3.63, 3.8) is 0 Å². The van der Waals surface area contributed by atoms with E-state index in [0.717, 1.165) is 16.2 Å². The van der Waals surface area contributed by atoms with Crippen molar-refractivity contribution in [2.75, 3.05) is 6.54 Å². The summed E-state index contributed by atoms with van der Waals surface area (Å²) in [6, 6.07) is 15.1. The Bertz CT molecular complexity index is 809. The lowest BCUT2D eigenvalue weighted by Gasteiger charge is -2.07. The minimum atomic E-state index is -0.312. The van der Waals surface area contributed by atoms with Gasteiger partial charge in [0.15, 0.2) is 5.75 Å². The molecule has 1 N–H and O–H groups in total. The summed E-state index contributed by atoms with van der Waals surface area (Å²) >= 11 is 0. The molecule has 0 saturated heterocycles. The first-order chi connectivity index (χ1) is 9.70. The summed E-state index contributed by atoms with van der Waals surface area (Å²) in [5.74, 6) is -0.522. The van der Waals surface area contributed by atoms with Gasteiger partial charge < -0.3 is 5.32 Å². The Kier molecular flexibility index (Phi) is 3.03. The molecule has 0 heterocycles. The highest BCUT2D eigenvalue weighted by Crippen LogP contribution is 2.32. The number of carbonyl (C=O) groups excluding carboxylic acids is 1. The zero-order valence-corrected chi connectivity index (χ0v) is 11.1. The van der Waals surface area contributed by atoms with E-state index in [1.807, 2.05) is 49.4 Å². The van der Waals surface area contributed by atoms with E-state index < -0.39 is 0 Å². The average Bonchev–Trinajstić information content (AvgIpc) is 2.46. The van der Waals surface area contributed by atoms with E-state index in [1.54, 1.807) is 6.07 Å². The largest absolute Gasteiger partial charge is 0.352 e. The highest BCUT2D eigenvalue weighted by molar-refractivity contribution is 6.07. The Labute approximate surface area is 116 Å². The number of carbonyl (C=O) groups is 1. The van der Waals surface area contributed by atoms with Gasteiger partial charge >= 0.3 is 0 Å². The summed E-state index contributed by atoms with van der Waals surface area (Å²) in [6.45, 7) is 2.34. The second kappa shape index (κ2) is 4.85. The Morgan fingerprint density at radius 2 is 1.70 bits per heavy atom. The first-order valence-corrected chi connectivity index (χ1v) is 6.61. The van der Waals surface area contributed by atoms with Crippen LogP contribution in [-0.2, 0) is 5.11 Å². The van der Waals surface area contributed by atoms with Crippen LogP contribution < -0.4 is 5.32 Å². The van der Waals surface area contributed by atoms with Crippen molar-refractivity contribution in [1.29, 1.82) is 0 Å². The molecule has 1 amide bonds. The molecule has 1 radical (unpaired) electrons. The van der Waals surface area contributed by atoms with Crippen molar-refractivity contribution in [3.05, 3.63) is 54.1 Å². The standard InChI is InChI=1S/C17H14NO2/c1-2-18-17(20)14-8-7-13-9-11-5-3-4-6-12(11)10-15(13)16(14)19/h3-10H,2H2,1H3,(H,18,20). The van der Waals surface area contributed by atoms with Crippen LogP contribution in [0.25, 0.3) is 21.5 Å². The summed E-state index contributed by atoms with van der Waals surface area (Å²) < 4.78 is 0. The van der Waals surface area contributed by atoms with E-state index in [0.29, 0.717) is 11.9 Å². The fourth-order valence-electron chi connectivity index (χ4n) is 2.42. The van der Waals surface area contributed by atoms with Gasteiger partial charge in [0.2, 0.25) is 0 Å². The molecule has 20 heavy (non-hydrogen) atoms. The number of amides is 1. The van der Waals surface area contributed by atoms with Crippen molar-refractivity contribution >= 4 is 27.5 Å². The van der Waals surface area contributed by atoms with Gasteiger partial charge in [-0.25, -0.2) is 0 Å². The zero-order valence-electron chi connectivity index (χ0n) is 11.1. The minimum absolute atomic E-state index is 0.203. The number of fused-ring (bicyclic) bond motifs is 2. The van der Waals surface area contributed by atoms with Crippen molar-refractivity contribution in [1.82, 2.24) is 5.32 Å². The molecule has 0 bridgehead atoms. The van der Waals surface area contributed by atoms with Crippen molar-refractivity contribution in [2.45, 2.75) is 6.92 Å². The van der Waals surface area contributed by atoms with Crippen LogP contribution >= 0.6 is 0 Å². The topological polar surface area (TPSA) is 49.0 Å². The van der Waals surface area contributed by atoms with Crippen LogP contribution in [-0.4, -0.2) is 12.5 Å². The molecule has 3 aromatic carbocycles. The lowest BCUT2D eigenvalue weighted by molar-refractivity contribution is 0.0952. The molecule has 3 aromatic rings. The Hall–Kier alpha value is -2.55. The molecule has 0 aliphatic carbocycles. The highest BCUT2D eigenvalue weighted by atomic mass is 16.3. The third-order valence-electron chi connectivity index (χ3n) is 3.42. The molecule has 0 unspecified atom stereocenters. The van der Waals surface area contributed by atoms with Crippen molar-refractivity contribution < 1.29 is 9.90 Å². The maximum absolute atomic E-state index is 12.4. The number of benzene rings is 3. The van der Waals surface area contributed by atoms with E-state index in [4.69, 9.17) is 0 Å². The number of hydrogen-bond acceptors (Lipinski definition) is 1. The maximum atomic E-state index is 12.4. The van der Waals surface area contributed by atoms with Gasteiger partial charge in [0.1, 0.15) is 0 Å². The van der Waals surface area contributed by atoms with Gasteiger partial charge in [-0.15, -0.1) is 0 Å². The van der Waals surface area contributed by atoms with E-state index >= 15 is 0 Å². The fourth-order valence-corrected chi connectivity index (χ4v) is 2.42. The third-order valence-corrected chi connectivity index (χ3v) is 3.42. The summed E-state index contributed by atoms with van der Waals surface area (Å²) in [7, 11) is 0. The molecule has 0 aliphatic rings. The van der Waals surface area contributed by atoms with Gasteiger partial charge in [-0.1, -0.05) is 30.3 Å². The van der Waals surface area contributed by atoms with Gasteiger partial charge in [0, 0.05) is 11.9 Å². The molecule has 0 aliphatic heterocycles. The highest BCUT2D eigenvalue weighted by Gasteiger charge is 2.15. The van der Waals surface area contributed by atoms with Gasteiger partial charge in [-0.05, 0) is 41.3 Å². The van der Waals surface area contributed by atoms with Crippen molar-refractivity contribution in [3.8, 4) is 5.75 Å². The lowest BCUT2D eigenvalue weighted by atomic mass is 10.0. The minimum Gasteiger partial charge on any atom is -0.352 e. The van der Waals surface area contributed by atoms with Gasteiger partial charge in [-0.3, -0.25) is 9.90 Å². The molecule has 0 saturated carbocycles. The van der Waals surface area contributed by atoms with Crippen LogP contribution in [0.1, 0.15) is 17.3 Å². The normalized spacial score (nSPS) is 10.8. The number of hydrogen-bond donors (Lipinski definition) is 1. The lowest BCUT2D eigenvalue weighted by Crippen LogP contribution is -2.22. The predicted molar refractivity (Wildman–Crippen MR) is 79.6 cm³/mol. The van der Waals surface area contributed by atoms with Crippen LogP contribution in [0.3, 0.4) is 0 Å². The van der Waals surface area contributed by atoms with Crippen LogP contribution in [0.5, 0.6) is 5.75 Å². The first-order valence-electron chi connectivity index (χ1n) is 6.61. The third kappa shape index (κ3) is 1.97. The van der Waals surface area contributed by atoms with E-state index in [1.165, 1.54) is 0 Å². The molecule has 3 nitrogen and oxygen atoms in total. The molecule has 99 valence electrons. The summed E-state index contributed by atoms with van der Waals surface area (Å²) in [5.41, 5.74) is 0.203. The molecule has 3 rings (SSSR count). The maximum Gasteiger partial charge on any atom is 0.255 e. The quantitative estimate of drug-likeness (QED) is 0.701. The average molecular weight is 264 g/mol. The smallest absolute Gasteiger partial charge is 0.255 e. The second-order valence-corrected chi connectivity index (χ2v) is 4.72. The van der Waals surface area contributed by atoms with Crippen LogP contribution in [0.4, 0.5) is 0 Å². The molecule has 0 aromatic heterocycles. The number of rotatable bonds is 2. The summed E-state index contributed by atoms with van der Waals surface area (Å²) in [5, 5.41) is 18.6. The monoisotopic (exact) mass is 264 g/mol. The van der Waals surface area contributed by atoms with E-state index in [-0.39, 0.29) is 17.2 Å². The first kappa shape index (κ1) is 12.5. The van der Waals surface area contributed by atoms with Crippen LogP contribution in [0, 0.1) is 0 Å². The molecule has 3 heteroatoms. The van der Waals surface area contributed by atoms with Crippen molar-refractivity contribution in [2.24, 2.45) is 0 Å². The van der Waals surface area contributed by atoms with Crippen LogP contribution in [0.15, 0.2) is 48.5 Å². The van der Waals surface area contributed by atoms with Crippen LogP contribution in [0.2, 0.25) is 0 Å². The molecular weight excluding hydrogens is 250 g/mol. The summed E-state index contributed by atoms with van der Waals surface area (Å²) in [6.07, 6.45) is 0. The second-order valence-electron chi connectivity index (χ2n) is 4.72. The fraction of sp³-hybridized carbons (Fsp3) is 0.118. The van der Waals surface area contributed by atoms with E-state index in [9.17, 15) is 9.90 Å². The summed E-state index contributed by atoms with van der Waals surface area (Å²) in [4.78, 5) is 11.9. The van der Waals surface area contributed by atoms with Gasteiger partial charge in [-0.2, -0.15) is 0 Å². The van der Waals surface area contributed by atoms with E-state index in [2.05, 4.69) is 5.32 Å². The van der Waals surface area contributed by atoms with Gasteiger partial charge in [0.05, 0.1) is 5.56 Å². The predicted octanol–water partition coefficient (Wildman–Crippen LogP) is 3.89. The van der Waals surface area contributed by atoms with Gasteiger partial charge in [0.25, 0.3) is 5.91 Å². The SMILES string of the molecule is CCNC(=O)c1ccc2cc3ccccc3cc2c1[O].